The van der Waals surface area contributed by atoms with Crippen LogP contribution in [0.5, 0.6) is 0 Å². The summed E-state index contributed by atoms with van der Waals surface area (Å²) < 4.78 is 0. The largest absolute Gasteiger partial charge is 0.311 e. The van der Waals surface area contributed by atoms with Gasteiger partial charge in [0.25, 0.3) is 0 Å². The smallest absolute Gasteiger partial charge is 0.0676 e. The van der Waals surface area contributed by atoms with E-state index in [4.69, 9.17) is 5.26 Å². The maximum atomic E-state index is 8.94. The van der Waals surface area contributed by atoms with Crippen LogP contribution in [0.3, 0.4) is 0 Å². The van der Waals surface area contributed by atoms with Crippen molar-refractivity contribution in [1.29, 1.82) is 5.26 Å². The SMILES string of the molecule is CCC(C#N)C(NC)c1cccs1. The van der Waals surface area contributed by atoms with Gasteiger partial charge in [-0.2, -0.15) is 5.26 Å². The van der Waals surface area contributed by atoms with Crippen LogP contribution in [-0.4, -0.2) is 7.05 Å². The summed E-state index contributed by atoms with van der Waals surface area (Å²) in [5.41, 5.74) is 0. The molecule has 0 aliphatic rings. The molecule has 70 valence electrons. The molecule has 1 aromatic rings. The minimum absolute atomic E-state index is 0.0728. The van der Waals surface area contributed by atoms with Crippen molar-refractivity contribution in [2.24, 2.45) is 5.92 Å². The highest BCUT2D eigenvalue weighted by Crippen LogP contribution is 2.27. The van der Waals surface area contributed by atoms with E-state index in [2.05, 4.69) is 17.5 Å². The fourth-order valence-corrected chi connectivity index (χ4v) is 2.31. The van der Waals surface area contributed by atoms with Gasteiger partial charge in [0.2, 0.25) is 0 Å². The average Bonchev–Trinajstić information content (AvgIpc) is 2.66. The van der Waals surface area contributed by atoms with E-state index in [9.17, 15) is 0 Å². The molecular weight excluding hydrogens is 180 g/mol. The summed E-state index contributed by atoms with van der Waals surface area (Å²) in [6.45, 7) is 2.05. The van der Waals surface area contributed by atoms with Crippen LogP contribution in [0.2, 0.25) is 0 Å². The molecule has 13 heavy (non-hydrogen) atoms. The zero-order valence-electron chi connectivity index (χ0n) is 7.95. The molecule has 0 saturated heterocycles. The van der Waals surface area contributed by atoms with E-state index in [-0.39, 0.29) is 12.0 Å². The van der Waals surface area contributed by atoms with Crippen molar-refractivity contribution >= 4 is 11.3 Å². The van der Waals surface area contributed by atoms with Gasteiger partial charge in [-0.1, -0.05) is 13.0 Å². The number of hydrogen-bond donors (Lipinski definition) is 1. The van der Waals surface area contributed by atoms with Gasteiger partial charge < -0.3 is 5.32 Å². The Morgan fingerprint density at radius 2 is 2.46 bits per heavy atom. The van der Waals surface area contributed by atoms with Crippen LogP contribution in [0.1, 0.15) is 24.3 Å². The molecular formula is C10H14N2S. The van der Waals surface area contributed by atoms with Crippen LogP contribution in [0.25, 0.3) is 0 Å². The minimum Gasteiger partial charge on any atom is -0.311 e. The molecule has 1 heterocycles. The lowest BCUT2D eigenvalue weighted by Crippen LogP contribution is -2.22. The van der Waals surface area contributed by atoms with E-state index >= 15 is 0 Å². The Morgan fingerprint density at radius 1 is 1.69 bits per heavy atom. The van der Waals surface area contributed by atoms with E-state index < -0.39 is 0 Å². The Kier molecular flexibility index (Phi) is 3.94. The molecule has 1 N–H and O–H groups in total. The molecule has 0 aliphatic heterocycles. The van der Waals surface area contributed by atoms with Gasteiger partial charge in [-0.3, -0.25) is 0 Å². The molecule has 0 spiro atoms. The summed E-state index contributed by atoms with van der Waals surface area (Å²) >= 11 is 1.70. The van der Waals surface area contributed by atoms with Crippen LogP contribution in [0.15, 0.2) is 17.5 Å². The quantitative estimate of drug-likeness (QED) is 0.799. The summed E-state index contributed by atoms with van der Waals surface area (Å²) in [7, 11) is 1.91. The van der Waals surface area contributed by atoms with Crippen molar-refractivity contribution in [2.45, 2.75) is 19.4 Å². The summed E-state index contributed by atoms with van der Waals surface area (Å²) in [5.74, 6) is 0.0728. The second kappa shape index (κ2) is 5.00. The topological polar surface area (TPSA) is 35.8 Å². The highest BCUT2D eigenvalue weighted by molar-refractivity contribution is 7.10. The maximum absolute atomic E-state index is 8.94. The first kappa shape index (κ1) is 10.2. The summed E-state index contributed by atoms with van der Waals surface area (Å²) in [6.07, 6.45) is 0.889. The molecule has 0 aliphatic carbocycles. The van der Waals surface area contributed by atoms with Gasteiger partial charge in [0.05, 0.1) is 18.0 Å². The Labute approximate surface area is 83.2 Å². The molecule has 2 unspecified atom stereocenters. The lowest BCUT2D eigenvalue weighted by Gasteiger charge is -2.18. The summed E-state index contributed by atoms with van der Waals surface area (Å²) in [6, 6.07) is 6.62. The molecule has 2 nitrogen and oxygen atoms in total. The maximum Gasteiger partial charge on any atom is 0.0676 e. The lowest BCUT2D eigenvalue weighted by atomic mass is 9.97. The number of hydrogen-bond acceptors (Lipinski definition) is 3. The Hall–Kier alpha value is -0.850. The number of thiophene rings is 1. The van der Waals surface area contributed by atoms with Crippen LogP contribution < -0.4 is 5.32 Å². The fourth-order valence-electron chi connectivity index (χ4n) is 1.41. The van der Waals surface area contributed by atoms with Gasteiger partial charge >= 0.3 is 0 Å². The third-order valence-electron chi connectivity index (χ3n) is 2.17. The van der Waals surface area contributed by atoms with Gasteiger partial charge in [0, 0.05) is 4.88 Å². The van der Waals surface area contributed by atoms with Crippen LogP contribution >= 0.6 is 11.3 Å². The Morgan fingerprint density at radius 3 is 2.85 bits per heavy atom. The second-order valence-corrected chi connectivity index (χ2v) is 3.90. The molecule has 0 bridgehead atoms. The first-order valence-electron chi connectivity index (χ1n) is 4.43. The molecule has 2 atom stereocenters. The molecule has 0 saturated carbocycles. The average molecular weight is 194 g/mol. The molecule has 0 amide bonds. The Balaban J connectivity index is 2.79. The van der Waals surface area contributed by atoms with E-state index in [0.717, 1.165) is 6.42 Å². The van der Waals surface area contributed by atoms with Gasteiger partial charge in [-0.05, 0) is 24.9 Å². The van der Waals surface area contributed by atoms with E-state index in [1.165, 1.54) is 4.88 Å². The van der Waals surface area contributed by atoms with Crippen molar-refractivity contribution in [3.8, 4) is 6.07 Å². The standard InChI is InChI=1S/C10H14N2S/c1-3-8(7-11)10(12-2)9-5-4-6-13-9/h4-6,8,10,12H,3H2,1-2H3. The van der Waals surface area contributed by atoms with E-state index in [1.807, 2.05) is 25.4 Å². The van der Waals surface area contributed by atoms with Crippen molar-refractivity contribution < 1.29 is 0 Å². The minimum atomic E-state index is 0.0728. The predicted octanol–water partition coefficient (Wildman–Crippen LogP) is 2.56. The van der Waals surface area contributed by atoms with Gasteiger partial charge in [-0.25, -0.2) is 0 Å². The van der Waals surface area contributed by atoms with Crippen molar-refractivity contribution in [3.05, 3.63) is 22.4 Å². The molecule has 0 radical (unpaired) electrons. The van der Waals surface area contributed by atoms with Crippen LogP contribution in [0, 0.1) is 17.2 Å². The highest BCUT2D eigenvalue weighted by atomic mass is 32.1. The second-order valence-electron chi connectivity index (χ2n) is 2.93. The molecule has 1 rings (SSSR count). The first-order chi connectivity index (χ1) is 6.33. The van der Waals surface area contributed by atoms with Gasteiger partial charge in [0.15, 0.2) is 0 Å². The van der Waals surface area contributed by atoms with Gasteiger partial charge in [-0.15, -0.1) is 11.3 Å². The first-order valence-corrected chi connectivity index (χ1v) is 5.31. The van der Waals surface area contributed by atoms with Crippen LogP contribution in [-0.2, 0) is 0 Å². The van der Waals surface area contributed by atoms with Crippen molar-refractivity contribution in [1.82, 2.24) is 5.32 Å². The monoisotopic (exact) mass is 194 g/mol. The normalized spacial score (nSPS) is 14.8. The highest BCUT2D eigenvalue weighted by Gasteiger charge is 2.20. The lowest BCUT2D eigenvalue weighted by molar-refractivity contribution is 0.455. The summed E-state index contributed by atoms with van der Waals surface area (Å²) in [4.78, 5) is 1.25. The molecule has 0 fully saturated rings. The molecule has 3 heteroatoms. The zero-order chi connectivity index (χ0) is 9.68. The van der Waals surface area contributed by atoms with E-state index in [0.29, 0.717) is 0 Å². The van der Waals surface area contributed by atoms with Crippen molar-refractivity contribution in [2.75, 3.05) is 7.05 Å². The Bertz CT molecular complexity index is 274. The predicted molar refractivity (Wildman–Crippen MR) is 55.5 cm³/mol. The number of rotatable bonds is 4. The van der Waals surface area contributed by atoms with Crippen molar-refractivity contribution in [3.63, 3.8) is 0 Å². The third-order valence-corrected chi connectivity index (χ3v) is 3.12. The zero-order valence-corrected chi connectivity index (χ0v) is 8.77. The number of nitrogens with zero attached hydrogens (tertiary/aromatic N) is 1. The number of nitrogens with one attached hydrogen (secondary N) is 1. The van der Waals surface area contributed by atoms with Gasteiger partial charge in [0.1, 0.15) is 0 Å². The van der Waals surface area contributed by atoms with Crippen LogP contribution in [0.4, 0.5) is 0 Å². The molecule has 1 aromatic heterocycles. The molecule has 0 aromatic carbocycles. The fraction of sp³-hybridized carbons (Fsp3) is 0.500. The number of nitriles is 1. The third kappa shape index (κ3) is 2.30. The summed E-state index contributed by atoms with van der Waals surface area (Å²) in [5, 5.41) is 14.2. The van der Waals surface area contributed by atoms with E-state index in [1.54, 1.807) is 11.3 Å².